The monoisotopic (exact) mass is 480 g/mol. The molecule has 3 aromatic rings. The Labute approximate surface area is 189 Å². The van der Waals surface area contributed by atoms with Crippen LogP contribution in [-0.2, 0) is 15.8 Å². The molecule has 0 aliphatic heterocycles. The lowest BCUT2D eigenvalue weighted by atomic mass is 10.1. The number of aromatic nitrogens is 4. The van der Waals surface area contributed by atoms with Gasteiger partial charge >= 0.3 is 0 Å². The van der Waals surface area contributed by atoms with E-state index in [4.69, 9.17) is 0 Å². The summed E-state index contributed by atoms with van der Waals surface area (Å²) in [5, 5.41) is 5.82. The molecule has 0 atom stereocenters. The first-order chi connectivity index (χ1) is 15.1. The molecule has 0 saturated carbocycles. The minimum absolute atomic E-state index is 0.00918. The van der Waals surface area contributed by atoms with E-state index in [9.17, 15) is 21.6 Å². The van der Waals surface area contributed by atoms with Crippen molar-refractivity contribution in [3.63, 3.8) is 0 Å². The van der Waals surface area contributed by atoms with Gasteiger partial charge in [0.25, 0.3) is 5.92 Å². The summed E-state index contributed by atoms with van der Waals surface area (Å²) in [4.78, 5) is 16.5. The van der Waals surface area contributed by atoms with E-state index in [1.165, 1.54) is 24.3 Å². The van der Waals surface area contributed by atoms with Crippen molar-refractivity contribution in [3.8, 4) is 11.5 Å². The third kappa shape index (κ3) is 6.60. The Balaban J connectivity index is 2.10. The summed E-state index contributed by atoms with van der Waals surface area (Å²) < 4.78 is 65.2. The van der Waals surface area contributed by atoms with Crippen LogP contribution in [0.25, 0.3) is 11.5 Å². The Kier molecular flexibility index (Phi) is 6.33. The van der Waals surface area contributed by atoms with Crippen LogP contribution < -0.4 is 10.6 Å². The number of hydrogen-bond acceptors (Lipinski definition) is 8. The second-order valence-electron chi connectivity index (χ2n) is 8.55. The van der Waals surface area contributed by atoms with Crippen molar-refractivity contribution in [1.29, 1.82) is 0 Å². The lowest BCUT2D eigenvalue weighted by Crippen LogP contribution is -2.27. The summed E-state index contributed by atoms with van der Waals surface area (Å²) in [5.41, 5.74) is -0.754. The standard InChI is InChI=1S/C21H23F3N6O2S/c1-20(2,3)30-19-28-17(15-7-6-8-16(26-15)21(4,23)24)27-18(29-19)25-13-9-12(22)10-14(11-13)33(5,31)32/h6-11H,1-5H3,(H2,25,27,28,29,30). The molecule has 0 fully saturated rings. The highest BCUT2D eigenvalue weighted by molar-refractivity contribution is 7.90. The molecule has 176 valence electrons. The average Bonchev–Trinajstić information content (AvgIpc) is 2.64. The number of rotatable bonds is 6. The van der Waals surface area contributed by atoms with Crippen molar-refractivity contribution in [3.05, 3.63) is 47.9 Å². The fraction of sp³-hybridized carbons (Fsp3) is 0.333. The van der Waals surface area contributed by atoms with Gasteiger partial charge in [-0.25, -0.2) is 17.8 Å². The first-order valence-electron chi connectivity index (χ1n) is 9.78. The van der Waals surface area contributed by atoms with Crippen LogP contribution in [0.3, 0.4) is 0 Å². The van der Waals surface area contributed by atoms with Gasteiger partial charge in [-0.2, -0.15) is 23.7 Å². The van der Waals surface area contributed by atoms with E-state index in [-0.39, 0.29) is 34.0 Å². The molecular formula is C21H23F3N6O2S. The summed E-state index contributed by atoms with van der Waals surface area (Å²) in [6.07, 6.45) is 0.958. The van der Waals surface area contributed by atoms with Gasteiger partial charge in [0.15, 0.2) is 15.7 Å². The van der Waals surface area contributed by atoms with Crippen LogP contribution in [0.15, 0.2) is 41.3 Å². The van der Waals surface area contributed by atoms with Crippen molar-refractivity contribution in [2.75, 3.05) is 16.9 Å². The number of sulfone groups is 1. The maximum absolute atomic E-state index is 14.0. The Morgan fingerprint density at radius 1 is 0.909 bits per heavy atom. The number of alkyl halides is 2. The third-order valence-electron chi connectivity index (χ3n) is 4.11. The minimum atomic E-state index is -3.67. The Morgan fingerprint density at radius 3 is 2.18 bits per heavy atom. The summed E-state index contributed by atoms with van der Waals surface area (Å²) >= 11 is 0. The fourth-order valence-electron chi connectivity index (χ4n) is 2.72. The van der Waals surface area contributed by atoms with Crippen molar-refractivity contribution in [2.45, 2.75) is 44.1 Å². The Bertz CT molecular complexity index is 1290. The van der Waals surface area contributed by atoms with Crippen molar-refractivity contribution in [2.24, 2.45) is 0 Å². The first-order valence-corrected chi connectivity index (χ1v) is 11.7. The van der Waals surface area contributed by atoms with Crippen molar-refractivity contribution < 1.29 is 21.6 Å². The van der Waals surface area contributed by atoms with Crippen molar-refractivity contribution >= 4 is 27.4 Å². The molecule has 33 heavy (non-hydrogen) atoms. The molecule has 0 bridgehead atoms. The van der Waals surface area contributed by atoms with Gasteiger partial charge in [0.2, 0.25) is 11.9 Å². The van der Waals surface area contributed by atoms with Gasteiger partial charge in [0, 0.05) is 24.4 Å². The van der Waals surface area contributed by atoms with E-state index in [1.54, 1.807) is 0 Å². The zero-order valence-corrected chi connectivity index (χ0v) is 19.4. The minimum Gasteiger partial charge on any atom is -0.349 e. The number of anilines is 3. The summed E-state index contributed by atoms with van der Waals surface area (Å²) in [6, 6.07) is 7.28. The lowest BCUT2D eigenvalue weighted by Gasteiger charge is -2.21. The summed E-state index contributed by atoms with van der Waals surface area (Å²) in [5.74, 6) is -3.90. The molecule has 2 aromatic heterocycles. The zero-order chi connectivity index (χ0) is 24.6. The Hall–Kier alpha value is -3.28. The Morgan fingerprint density at radius 2 is 1.58 bits per heavy atom. The molecular weight excluding hydrogens is 457 g/mol. The van der Waals surface area contributed by atoms with Crippen LogP contribution in [0.1, 0.15) is 33.4 Å². The van der Waals surface area contributed by atoms with Gasteiger partial charge in [-0.15, -0.1) is 0 Å². The molecule has 3 rings (SSSR count). The lowest BCUT2D eigenvalue weighted by molar-refractivity contribution is 0.0129. The largest absolute Gasteiger partial charge is 0.349 e. The molecule has 8 nitrogen and oxygen atoms in total. The SMILES string of the molecule is CC(C)(C)Nc1nc(Nc2cc(F)cc(S(C)(=O)=O)c2)nc(-c2cccc(C(C)(F)F)n2)n1. The summed E-state index contributed by atoms with van der Waals surface area (Å²) in [6.45, 7) is 6.33. The van der Waals surface area contributed by atoms with Gasteiger partial charge in [0.05, 0.1) is 4.90 Å². The molecule has 0 amide bonds. The molecule has 0 spiro atoms. The molecule has 0 aliphatic rings. The predicted molar refractivity (Wildman–Crippen MR) is 119 cm³/mol. The van der Waals surface area contributed by atoms with E-state index in [1.807, 2.05) is 20.8 Å². The highest BCUT2D eigenvalue weighted by atomic mass is 32.2. The van der Waals surface area contributed by atoms with Crippen LogP contribution in [0.2, 0.25) is 0 Å². The third-order valence-corrected chi connectivity index (χ3v) is 5.20. The van der Waals surface area contributed by atoms with E-state index in [0.717, 1.165) is 25.3 Å². The number of halogens is 3. The number of hydrogen-bond donors (Lipinski definition) is 2. The molecule has 0 radical (unpaired) electrons. The molecule has 0 saturated heterocycles. The van der Waals surface area contributed by atoms with E-state index >= 15 is 0 Å². The quantitative estimate of drug-likeness (QED) is 0.529. The average molecular weight is 481 g/mol. The molecule has 0 aliphatic carbocycles. The summed E-state index contributed by atoms with van der Waals surface area (Å²) in [7, 11) is -3.67. The molecule has 1 aromatic carbocycles. The number of nitrogens with zero attached hydrogens (tertiary/aromatic N) is 4. The van der Waals surface area contributed by atoms with Gasteiger partial charge < -0.3 is 10.6 Å². The van der Waals surface area contributed by atoms with Crippen molar-refractivity contribution in [1.82, 2.24) is 19.9 Å². The van der Waals surface area contributed by atoms with Crippen LogP contribution in [0.5, 0.6) is 0 Å². The molecule has 2 N–H and O–H groups in total. The topological polar surface area (TPSA) is 110 Å². The highest BCUT2D eigenvalue weighted by Gasteiger charge is 2.27. The first kappa shape index (κ1) is 24.4. The molecule has 2 heterocycles. The number of nitrogens with one attached hydrogen (secondary N) is 2. The van der Waals surface area contributed by atoms with Gasteiger partial charge in [0.1, 0.15) is 17.2 Å². The second kappa shape index (κ2) is 8.58. The van der Waals surface area contributed by atoms with E-state index < -0.39 is 32.8 Å². The maximum atomic E-state index is 14.0. The van der Waals surface area contributed by atoms with Crippen LogP contribution >= 0.6 is 0 Å². The van der Waals surface area contributed by atoms with Gasteiger partial charge in [-0.1, -0.05) is 6.07 Å². The second-order valence-corrected chi connectivity index (χ2v) is 10.6. The molecule has 12 heteroatoms. The van der Waals surface area contributed by atoms with Crippen LogP contribution in [0.4, 0.5) is 30.8 Å². The number of benzene rings is 1. The molecule has 0 unspecified atom stereocenters. The smallest absolute Gasteiger partial charge is 0.286 e. The highest BCUT2D eigenvalue weighted by Crippen LogP contribution is 2.28. The maximum Gasteiger partial charge on any atom is 0.286 e. The number of pyridine rings is 1. The van der Waals surface area contributed by atoms with Crippen LogP contribution in [-0.4, -0.2) is 40.1 Å². The predicted octanol–water partition coefficient (Wildman–Crippen LogP) is 4.54. The fourth-order valence-corrected chi connectivity index (χ4v) is 3.39. The van der Waals surface area contributed by atoms with Crippen LogP contribution in [0, 0.1) is 5.82 Å². The normalized spacial score (nSPS) is 12.5. The van der Waals surface area contributed by atoms with Gasteiger partial charge in [-0.05, 0) is 51.1 Å². The van der Waals surface area contributed by atoms with E-state index in [0.29, 0.717) is 0 Å². The zero-order valence-electron chi connectivity index (χ0n) is 18.6. The van der Waals surface area contributed by atoms with Gasteiger partial charge in [-0.3, -0.25) is 0 Å². The van der Waals surface area contributed by atoms with E-state index in [2.05, 4.69) is 30.6 Å².